The fourth-order valence-electron chi connectivity index (χ4n) is 4.60. The lowest BCUT2D eigenvalue weighted by Gasteiger charge is -2.27. The van der Waals surface area contributed by atoms with Crippen LogP contribution in [0.15, 0.2) is 65.9 Å². The number of nitrogens with two attached hydrogens (primary N) is 1. The van der Waals surface area contributed by atoms with Crippen LogP contribution in [-0.4, -0.2) is 33.7 Å². The maximum atomic E-state index is 6.32. The van der Waals surface area contributed by atoms with Gasteiger partial charge in [-0.1, -0.05) is 42.8 Å². The molecule has 0 bridgehead atoms. The predicted octanol–water partition coefficient (Wildman–Crippen LogP) is 4.82. The summed E-state index contributed by atoms with van der Waals surface area (Å²) in [5.41, 5.74) is 13.4. The first kappa shape index (κ1) is 18.1. The third-order valence-electron chi connectivity index (χ3n) is 6.49. The highest BCUT2D eigenvalue weighted by Crippen LogP contribution is 2.41. The molecule has 0 unspecified atom stereocenters. The van der Waals surface area contributed by atoms with Gasteiger partial charge in [-0.2, -0.15) is 0 Å². The van der Waals surface area contributed by atoms with E-state index in [9.17, 15) is 0 Å². The van der Waals surface area contributed by atoms with Crippen LogP contribution in [0.1, 0.15) is 36.6 Å². The van der Waals surface area contributed by atoms with Crippen LogP contribution in [0, 0.1) is 0 Å². The topological polar surface area (TPSA) is 71.8 Å². The number of rotatable bonds is 3. The van der Waals surface area contributed by atoms with E-state index in [0.29, 0.717) is 11.7 Å². The Morgan fingerprint density at radius 2 is 1.87 bits per heavy atom. The second-order valence-electron chi connectivity index (χ2n) is 8.46. The molecular formula is C25H24N6. The Balaban J connectivity index is 1.51. The largest absolute Gasteiger partial charge is 0.382 e. The Bertz CT molecular complexity index is 1320. The number of imidazole rings is 1. The Morgan fingerprint density at radius 1 is 1.03 bits per heavy atom. The summed E-state index contributed by atoms with van der Waals surface area (Å²) in [7, 11) is 2.11. The number of anilines is 2. The Hall–Kier alpha value is -3.67. The van der Waals surface area contributed by atoms with Crippen molar-refractivity contribution in [3.05, 3.63) is 72.3 Å². The number of benzene rings is 2. The van der Waals surface area contributed by atoms with Crippen LogP contribution >= 0.6 is 0 Å². The average Bonchev–Trinajstić information content (AvgIpc) is 3.13. The van der Waals surface area contributed by atoms with Crippen molar-refractivity contribution in [3.63, 3.8) is 0 Å². The highest BCUT2D eigenvalue weighted by molar-refractivity contribution is 6.07. The molecule has 2 N–H and O–H groups in total. The van der Waals surface area contributed by atoms with Crippen LogP contribution in [0.5, 0.6) is 0 Å². The molecule has 0 radical (unpaired) electrons. The van der Waals surface area contributed by atoms with Gasteiger partial charge >= 0.3 is 0 Å². The molecule has 2 aliphatic rings. The summed E-state index contributed by atoms with van der Waals surface area (Å²) in [5, 5.41) is 0. The smallest absolute Gasteiger partial charge is 0.150 e. The van der Waals surface area contributed by atoms with E-state index in [1.807, 2.05) is 12.3 Å². The maximum absolute atomic E-state index is 6.32. The van der Waals surface area contributed by atoms with Crippen LogP contribution in [-0.2, 0) is 0 Å². The first-order valence-electron chi connectivity index (χ1n) is 10.8. The van der Waals surface area contributed by atoms with Crippen molar-refractivity contribution in [2.75, 3.05) is 24.2 Å². The van der Waals surface area contributed by atoms with Gasteiger partial charge in [0.05, 0.1) is 23.6 Å². The molecule has 0 spiro atoms. The zero-order chi connectivity index (χ0) is 20.9. The van der Waals surface area contributed by atoms with Gasteiger partial charge in [-0.15, -0.1) is 0 Å². The average molecular weight is 409 g/mol. The molecule has 0 saturated heterocycles. The van der Waals surface area contributed by atoms with Crippen LogP contribution in [0.4, 0.5) is 17.2 Å². The Morgan fingerprint density at radius 3 is 2.65 bits per heavy atom. The molecule has 0 amide bonds. The number of nitrogen functional groups attached to an aromatic ring is 1. The standard InChI is InChI=1S/C25H24N6/c1-30-15-20(16-6-3-2-4-7-16)28-19-14-18(10-11-21(19)30)22-23-24(26)27-12-13-31(23)25(29-22)17-8-5-9-17/h2-4,6-7,10-14,17H,5,8-9,15H2,1H3,(H2,26,27). The lowest BCUT2D eigenvalue weighted by molar-refractivity contribution is 0.400. The van der Waals surface area contributed by atoms with E-state index < -0.39 is 0 Å². The van der Waals surface area contributed by atoms with E-state index in [1.165, 1.54) is 19.3 Å². The molecule has 31 heavy (non-hydrogen) atoms. The van der Waals surface area contributed by atoms with Gasteiger partial charge in [0, 0.05) is 30.9 Å². The van der Waals surface area contributed by atoms with E-state index in [2.05, 4.69) is 63.8 Å². The van der Waals surface area contributed by atoms with E-state index in [4.69, 9.17) is 15.7 Å². The molecule has 4 aromatic rings. The second-order valence-corrected chi connectivity index (χ2v) is 8.46. The van der Waals surface area contributed by atoms with E-state index in [1.54, 1.807) is 6.20 Å². The van der Waals surface area contributed by atoms with Crippen molar-refractivity contribution in [1.82, 2.24) is 14.4 Å². The van der Waals surface area contributed by atoms with Crippen molar-refractivity contribution in [2.45, 2.75) is 25.2 Å². The molecule has 1 saturated carbocycles. The fraction of sp³-hybridized carbons (Fsp3) is 0.240. The number of nitrogens with zero attached hydrogens (tertiary/aromatic N) is 5. The molecule has 2 aromatic heterocycles. The zero-order valence-corrected chi connectivity index (χ0v) is 17.5. The van der Waals surface area contributed by atoms with Gasteiger partial charge in [0.25, 0.3) is 0 Å². The lowest BCUT2D eigenvalue weighted by atomic mass is 9.85. The molecule has 1 aliphatic heterocycles. The van der Waals surface area contributed by atoms with Gasteiger partial charge in [0.2, 0.25) is 0 Å². The maximum Gasteiger partial charge on any atom is 0.150 e. The van der Waals surface area contributed by atoms with Gasteiger partial charge in [0.15, 0.2) is 0 Å². The number of likely N-dealkylation sites (N-methyl/N-ethyl adjacent to an activating group) is 1. The molecule has 1 fully saturated rings. The minimum atomic E-state index is 0.495. The normalized spacial score (nSPS) is 16.2. The van der Waals surface area contributed by atoms with Gasteiger partial charge in [-0.05, 0) is 30.5 Å². The quantitative estimate of drug-likeness (QED) is 0.528. The third kappa shape index (κ3) is 2.90. The number of aromatic nitrogens is 3. The van der Waals surface area contributed by atoms with Crippen molar-refractivity contribution < 1.29 is 0 Å². The zero-order valence-electron chi connectivity index (χ0n) is 17.5. The summed E-state index contributed by atoms with van der Waals surface area (Å²) in [4.78, 5) is 16.7. The number of hydrogen-bond acceptors (Lipinski definition) is 5. The van der Waals surface area contributed by atoms with Gasteiger partial charge < -0.3 is 10.6 Å². The first-order valence-corrected chi connectivity index (χ1v) is 10.8. The second kappa shape index (κ2) is 6.94. The molecule has 0 atom stereocenters. The van der Waals surface area contributed by atoms with Crippen LogP contribution in [0.25, 0.3) is 16.8 Å². The SMILES string of the molecule is CN1CC(c2ccccc2)=Nc2cc(-c3nc(C4CCC4)n4ccnc(N)c34)ccc21. The van der Waals surface area contributed by atoms with E-state index >= 15 is 0 Å². The van der Waals surface area contributed by atoms with Crippen molar-refractivity contribution in [3.8, 4) is 11.3 Å². The Kier molecular flexibility index (Phi) is 4.06. The monoisotopic (exact) mass is 408 g/mol. The summed E-state index contributed by atoms with van der Waals surface area (Å²) in [6.45, 7) is 0.784. The molecule has 154 valence electrons. The van der Waals surface area contributed by atoms with Crippen LogP contribution in [0.3, 0.4) is 0 Å². The van der Waals surface area contributed by atoms with Crippen LogP contribution in [0.2, 0.25) is 0 Å². The van der Waals surface area contributed by atoms with Crippen LogP contribution < -0.4 is 10.6 Å². The molecule has 6 rings (SSSR count). The highest BCUT2D eigenvalue weighted by atomic mass is 15.1. The molecule has 6 heteroatoms. The minimum Gasteiger partial charge on any atom is -0.382 e. The first-order chi connectivity index (χ1) is 15.2. The molecular weight excluding hydrogens is 384 g/mol. The van der Waals surface area contributed by atoms with Crippen molar-refractivity contribution in [2.24, 2.45) is 4.99 Å². The summed E-state index contributed by atoms with van der Waals surface area (Å²) in [6, 6.07) is 16.8. The van der Waals surface area contributed by atoms with Gasteiger partial charge in [0.1, 0.15) is 22.9 Å². The van der Waals surface area contributed by atoms with Crippen molar-refractivity contribution >= 4 is 28.4 Å². The number of hydrogen-bond donors (Lipinski definition) is 1. The number of fused-ring (bicyclic) bond motifs is 2. The Labute approximate surface area is 181 Å². The summed E-state index contributed by atoms with van der Waals surface area (Å²) >= 11 is 0. The summed E-state index contributed by atoms with van der Waals surface area (Å²) < 4.78 is 2.13. The molecule has 1 aliphatic carbocycles. The molecule has 6 nitrogen and oxygen atoms in total. The van der Waals surface area contributed by atoms with Gasteiger partial charge in [-0.25, -0.2) is 15.0 Å². The van der Waals surface area contributed by atoms with E-state index in [0.717, 1.165) is 51.8 Å². The summed E-state index contributed by atoms with van der Waals surface area (Å²) in [5.74, 6) is 2.10. The highest BCUT2D eigenvalue weighted by Gasteiger charge is 2.27. The van der Waals surface area contributed by atoms with E-state index in [-0.39, 0.29) is 0 Å². The number of aliphatic imine (C=N–C) groups is 1. The van der Waals surface area contributed by atoms with Gasteiger partial charge in [-0.3, -0.25) is 4.40 Å². The molecule has 2 aromatic carbocycles. The summed E-state index contributed by atoms with van der Waals surface area (Å²) in [6.07, 6.45) is 7.36. The van der Waals surface area contributed by atoms with Crippen molar-refractivity contribution in [1.29, 1.82) is 0 Å². The predicted molar refractivity (Wildman–Crippen MR) is 125 cm³/mol. The molecule has 3 heterocycles. The lowest BCUT2D eigenvalue weighted by Crippen LogP contribution is -2.29. The third-order valence-corrected chi connectivity index (χ3v) is 6.49. The minimum absolute atomic E-state index is 0.495. The fourth-order valence-corrected chi connectivity index (χ4v) is 4.60.